The number of hydrogen-bond donors (Lipinski definition) is 1. The largest absolute Gasteiger partial charge is 0.506 e. The number of pyridine rings is 1. The van der Waals surface area contributed by atoms with Crippen molar-refractivity contribution < 1.29 is 5.11 Å². The Hall–Kier alpha value is -3.24. The van der Waals surface area contributed by atoms with Crippen molar-refractivity contribution in [3.63, 3.8) is 0 Å². The fourth-order valence-electron chi connectivity index (χ4n) is 2.94. The van der Waals surface area contributed by atoms with E-state index in [1.54, 1.807) is 10.6 Å². The number of nitrogens with zero attached hydrogens (tertiary/aromatic N) is 1. The summed E-state index contributed by atoms with van der Waals surface area (Å²) < 4.78 is 1.65. The van der Waals surface area contributed by atoms with Crippen LogP contribution in [0.2, 0.25) is 0 Å². The van der Waals surface area contributed by atoms with Crippen molar-refractivity contribution in [1.29, 1.82) is 0 Å². The van der Waals surface area contributed by atoms with Crippen molar-refractivity contribution in [2.24, 2.45) is 0 Å². The van der Waals surface area contributed by atoms with Gasteiger partial charge in [-0.1, -0.05) is 78.5 Å². The summed E-state index contributed by atoms with van der Waals surface area (Å²) in [6.45, 7) is 0. The number of rotatable bonds is 4. The van der Waals surface area contributed by atoms with Crippen molar-refractivity contribution in [2.75, 3.05) is 0 Å². The van der Waals surface area contributed by atoms with Crippen molar-refractivity contribution in [3.8, 4) is 22.7 Å². The van der Waals surface area contributed by atoms with E-state index in [0.717, 1.165) is 16.1 Å². The number of para-hydroxylation sites is 1. The Bertz CT molecular complexity index is 1110. The molecule has 0 aliphatic heterocycles. The summed E-state index contributed by atoms with van der Waals surface area (Å²) >= 11 is 1.27. The first kappa shape index (κ1) is 17.2. The Labute approximate surface area is 161 Å². The number of benzene rings is 3. The first-order chi connectivity index (χ1) is 13.2. The van der Waals surface area contributed by atoms with E-state index >= 15 is 0 Å². The summed E-state index contributed by atoms with van der Waals surface area (Å²) in [5, 5.41) is 10.6. The molecule has 0 atom stereocenters. The second-order valence-corrected chi connectivity index (χ2v) is 7.08. The third-order valence-corrected chi connectivity index (χ3v) is 5.29. The van der Waals surface area contributed by atoms with Crippen molar-refractivity contribution in [3.05, 3.63) is 107 Å². The van der Waals surface area contributed by atoms with Gasteiger partial charge in [-0.3, -0.25) is 9.36 Å². The zero-order chi connectivity index (χ0) is 18.6. The van der Waals surface area contributed by atoms with E-state index in [4.69, 9.17) is 0 Å². The molecule has 0 aliphatic rings. The van der Waals surface area contributed by atoms with Gasteiger partial charge in [0.25, 0.3) is 5.56 Å². The summed E-state index contributed by atoms with van der Waals surface area (Å²) in [4.78, 5) is 14.6. The lowest BCUT2D eigenvalue weighted by atomic mass is 10.1. The minimum Gasteiger partial charge on any atom is -0.506 e. The zero-order valence-electron chi connectivity index (χ0n) is 14.4. The summed E-state index contributed by atoms with van der Waals surface area (Å²) in [7, 11) is 0. The molecule has 0 fully saturated rings. The Balaban J connectivity index is 1.95. The fourth-order valence-corrected chi connectivity index (χ4v) is 3.81. The van der Waals surface area contributed by atoms with Crippen LogP contribution in [-0.4, -0.2) is 9.67 Å². The maximum absolute atomic E-state index is 13.4. The smallest absolute Gasteiger partial charge is 0.273 e. The molecule has 1 heterocycles. The lowest BCUT2D eigenvalue weighted by molar-refractivity contribution is 0.459. The van der Waals surface area contributed by atoms with Crippen LogP contribution in [0.25, 0.3) is 16.9 Å². The summed E-state index contributed by atoms with van der Waals surface area (Å²) in [6, 6.07) is 30.3. The van der Waals surface area contributed by atoms with Gasteiger partial charge in [-0.15, -0.1) is 0 Å². The topological polar surface area (TPSA) is 42.2 Å². The van der Waals surface area contributed by atoms with Crippen LogP contribution in [0.5, 0.6) is 5.75 Å². The molecule has 132 valence electrons. The average Bonchev–Trinajstić information content (AvgIpc) is 2.73. The van der Waals surface area contributed by atoms with Gasteiger partial charge < -0.3 is 5.11 Å². The minimum atomic E-state index is -0.242. The van der Waals surface area contributed by atoms with E-state index in [1.807, 2.05) is 91.0 Å². The van der Waals surface area contributed by atoms with Crippen LogP contribution in [0.4, 0.5) is 0 Å². The molecule has 3 nitrogen and oxygen atoms in total. The highest BCUT2D eigenvalue weighted by molar-refractivity contribution is 7.99. The first-order valence-electron chi connectivity index (χ1n) is 8.57. The molecule has 0 unspecified atom stereocenters. The van der Waals surface area contributed by atoms with Crippen LogP contribution in [0.1, 0.15) is 0 Å². The molecule has 0 aliphatic carbocycles. The zero-order valence-corrected chi connectivity index (χ0v) is 15.3. The van der Waals surface area contributed by atoms with Crippen molar-refractivity contribution in [1.82, 2.24) is 4.57 Å². The van der Waals surface area contributed by atoms with Gasteiger partial charge in [-0.05, 0) is 29.8 Å². The van der Waals surface area contributed by atoms with E-state index in [2.05, 4.69) is 0 Å². The lowest BCUT2D eigenvalue weighted by Gasteiger charge is -2.16. The molecule has 0 saturated carbocycles. The summed E-state index contributed by atoms with van der Waals surface area (Å²) in [6.07, 6.45) is 0. The molecular weight excluding hydrogens is 354 g/mol. The van der Waals surface area contributed by atoms with E-state index in [0.29, 0.717) is 10.6 Å². The van der Waals surface area contributed by atoms with Gasteiger partial charge in [0.2, 0.25) is 0 Å². The summed E-state index contributed by atoms with van der Waals surface area (Å²) in [5.74, 6) is -0.0140. The molecule has 1 aromatic heterocycles. The third-order valence-electron chi connectivity index (χ3n) is 4.19. The van der Waals surface area contributed by atoms with Crippen LogP contribution in [0.3, 0.4) is 0 Å². The average molecular weight is 371 g/mol. The first-order valence-corrected chi connectivity index (χ1v) is 9.38. The predicted octanol–water partition coefficient (Wildman–Crippen LogP) is 5.36. The number of aromatic nitrogens is 1. The van der Waals surface area contributed by atoms with Gasteiger partial charge in [0.15, 0.2) is 0 Å². The van der Waals surface area contributed by atoms with Gasteiger partial charge in [0.1, 0.15) is 10.6 Å². The predicted molar refractivity (Wildman–Crippen MR) is 110 cm³/mol. The normalized spacial score (nSPS) is 10.7. The second-order valence-electron chi connectivity index (χ2n) is 6.00. The highest BCUT2D eigenvalue weighted by atomic mass is 32.2. The van der Waals surface area contributed by atoms with Crippen LogP contribution in [0.15, 0.2) is 112 Å². The summed E-state index contributed by atoms with van der Waals surface area (Å²) in [5.41, 5.74) is 2.04. The Kier molecular flexibility index (Phi) is 4.81. The van der Waals surface area contributed by atoms with Gasteiger partial charge in [-0.25, -0.2) is 0 Å². The molecule has 4 aromatic rings. The van der Waals surface area contributed by atoms with Gasteiger partial charge in [0, 0.05) is 16.6 Å². The molecule has 3 aromatic carbocycles. The third kappa shape index (κ3) is 3.52. The molecule has 0 bridgehead atoms. The minimum absolute atomic E-state index is 0.0140. The number of hydrogen-bond acceptors (Lipinski definition) is 3. The fraction of sp³-hybridized carbons (Fsp3) is 0. The maximum Gasteiger partial charge on any atom is 0.273 e. The molecular formula is C23H17NO2S. The van der Waals surface area contributed by atoms with E-state index < -0.39 is 0 Å². The van der Waals surface area contributed by atoms with E-state index in [1.165, 1.54) is 11.8 Å². The SMILES string of the molecule is O=c1c(Sc2ccccc2)c(O)cc(-c2ccccc2)n1-c1ccccc1. The van der Waals surface area contributed by atoms with Gasteiger partial charge in [0.05, 0.1) is 5.69 Å². The lowest BCUT2D eigenvalue weighted by Crippen LogP contribution is -2.21. The quantitative estimate of drug-likeness (QED) is 0.525. The molecule has 0 saturated heterocycles. The van der Waals surface area contributed by atoms with E-state index in [9.17, 15) is 9.90 Å². The Morgan fingerprint density at radius 3 is 1.93 bits per heavy atom. The molecule has 0 spiro atoms. The van der Waals surface area contributed by atoms with Crippen LogP contribution < -0.4 is 5.56 Å². The Morgan fingerprint density at radius 2 is 1.30 bits per heavy atom. The monoisotopic (exact) mass is 371 g/mol. The standard InChI is InChI=1S/C23H17NO2S/c25-21-16-20(17-10-4-1-5-11-17)24(18-12-6-2-7-13-18)23(26)22(21)27-19-14-8-3-9-15-19/h1-16,25H. The van der Waals surface area contributed by atoms with Crippen LogP contribution in [-0.2, 0) is 0 Å². The maximum atomic E-state index is 13.4. The highest BCUT2D eigenvalue weighted by Gasteiger charge is 2.18. The molecule has 1 N–H and O–H groups in total. The van der Waals surface area contributed by atoms with Crippen LogP contribution in [0, 0.1) is 0 Å². The van der Waals surface area contributed by atoms with Crippen LogP contribution >= 0.6 is 11.8 Å². The van der Waals surface area contributed by atoms with Crippen molar-refractivity contribution >= 4 is 11.8 Å². The molecule has 0 amide bonds. The Morgan fingerprint density at radius 1 is 0.741 bits per heavy atom. The molecule has 4 heteroatoms. The molecule has 0 radical (unpaired) electrons. The molecule has 27 heavy (non-hydrogen) atoms. The number of aromatic hydroxyl groups is 1. The second kappa shape index (κ2) is 7.56. The van der Waals surface area contributed by atoms with Gasteiger partial charge >= 0.3 is 0 Å². The molecule has 4 rings (SSSR count). The van der Waals surface area contributed by atoms with Crippen molar-refractivity contribution in [2.45, 2.75) is 9.79 Å². The van der Waals surface area contributed by atoms with Gasteiger partial charge in [-0.2, -0.15) is 0 Å². The van der Waals surface area contributed by atoms with E-state index in [-0.39, 0.29) is 11.3 Å². The highest BCUT2D eigenvalue weighted by Crippen LogP contribution is 2.35.